The number of rotatable bonds is 5. The van der Waals surface area contributed by atoms with Crippen LogP contribution in [0.2, 0.25) is 0 Å². The maximum atomic E-state index is 13.4. The Hall–Kier alpha value is -4.20. The van der Waals surface area contributed by atoms with Gasteiger partial charge in [0.15, 0.2) is 5.65 Å². The molecular weight excluding hydrogens is 401 g/mol. The van der Waals surface area contributed by atoms with Crippen LogP contribution < -0.4 is 15.6 Å². The average Bonchev–Trinajstić information content (AvgIpc) is 2.79. The van der Waals surface area contributed by atoms with Crippen molar-refractivity contribution in [3.63, 3.8) is 0 Å². The summed E-state index contributed by atoms with van der Waals surface area (Å²) in [7, 11) is 1.54. The highest BCUT2D eigenvalue weighted by atomic mass is 19.1. The normalized spacial score (nSPS) is 10.8. The Morgan fingerprint density at radius 3 is 2.68 bits per heavy atom. The fraction of sp³-hybridized carbons (Fsp3) is 0.0870. The maximum Gasteiger partial charge on any atom is 0.273 e. The van der Waals surface area contributed by atoms with Gasteiger partial charge in [-0.3, -0.25) is 14.2 Å². The van der Waals surface area contributed by atoms with E-state index < -0.39 is 28.6 Å². The minimum atomic E-state index is -0.765. The highest BCUT2D eigenvalue weighted by Gasteiger charge is 2.23. The predicted octanol–water partition coefficient (Wildman–Crippen LogP) is 3.17. The topological polar surface area (TPSA) is 93.4 Å². The Balaban J connectivity index is 1.79. The lowest BCUT2D eigenvalue weighted by molar-refractivity contribution is 0.0946. The van der Waals surface area contributed by atoms with Gasteiger partial charge in [0.05, 0.1) is 18.2 Å². The Bertz CT molecular complexity index is 1330. The molecule has 4 rings (SSSR count). The summed E-state index contributed by atoms with van der Waals surface area (Å²) in [5.74, 6) is -1.05. The number of fused-ring (bicyclic) bond motifs is 1. The quantitative estimate of drug-likeness (QED) is 0.518. The number of pyridine rings is 2. The van der Waals surface area contributed by atoms with Crippen LogP contribution >= 0.6 is 0 Å². The number of halogens is 1. The van der Waals surface area contributed by atoms with Gasteiger partial charge in [-0.15, -0.1) is 0 Å². The Kier molecular flexibility index (Phi) is 5.36. The summed E-state index contributed by atoms with van der Waals surface area (Å²) in [5.41, 5.74) is 0.0394. The molecule has 1 amide bonds. The largest absolute Gasteiger partial charge is 0.506 e. The summed E-state index contributed by atoms with van der Waals surface area (Å²) in [6.07, 6.45) is 1.46. The number of aromatic hydroxyl groups is 1. The number of ether oxygens (including phenoxy) is 1. The third-order valence-electron chi connectivity index (χ3n) is 4.81. The molecule has 2 heterocycles. The standard InChI is InChI=1S/C23H18FN3O4/c1-31-17-5-2-4-14(12-17)13-26-22(29)19-20(28)18-6-3-11-25-21(18)27(23(19)30)16-9-7-15(24)8-10-16/h2-12,28H,13H2,1H3,(H,26,29). The Labute approximate surface area is 176 Å². The molecule has 4 aromatic rings. The number of nitrogens with zero attached hydrogens (tertiary/aromatic N) is 2. The number of carbonyl (C=O) groups excluding carboxylic acids is 1. The van der Waals surface area contributed by atoms with Crippen molar-refractivity contribution in [1.29, 1.82) is 0 Å². The van der Waals surface area contributed by atoms with Crippen LogP contribution in [0.4, 0.5) is 4.39 Å². The van der Waals surface area contributed by atoms with Crippen LogP contribution in [0.25, 0.3) is 16.7 Å². The molecule has 7 nitrogen and oxygen atoms in total. The molecule has 0 atom stereocenters. The van der Waals surface area contributed by atoms with E-state index in [9.17, 15) is 19.1 Å². The van der Waals surface area contributed by atoms with Gasteiger partial charge in [-0.25, -0.2) is 9.37 Å². The van der Waals surface area contributed by atoms with Crippen molar-refractivity contribution in [3.8, 4) is 17.2 Å². The molecular formula is C23H18FN3O4. The number of aromatic nitrogens is 2. The van der Waals surface area contributed by atoms with E-state index in [0.29, 0.717) is 11.4 Å². The van der Waals surface area contributed by atoms with Crippen LogP contribution in [0.5, 0.6) is 11.5 Å². The molecule has 2 aromatic heterocycles. The first-order valence-corrected chi connectivity index (χ1v) is 9.39. The van der Waals surface area contributed by atoms with Crippen molar-refractivity contribution in [1.82, 2.24) is 14.9 Å². The van der Waals surface area contributed by atoms with E-state index in [0.717, 1.165) is 5.56 Å². The lowest BCUT2D eigenvalue weighted by Gasteiger charge is -2.14. The SMILES string of the molecule is COc1cccc(CNC(=O)c2c(O)c3cccnc3n(-c3ccc(F)cc3)c2=O)c1. The Morgan fingerprint density at radius 1 is 1.16 bits per heavy atom. The third kappa shape index (κ3) is 3.83. The fourth-order valence-corrected chi connectivity index (χ4v) is 3.29. The second-order valence-electron chi connectivity index (χ2n) is 6.75. The molecule has 0 fully saturated rings. The van der Waals surface area contributed by atoms with Crippen molar-refractivity contribution < 1.29 is 19.0 Å². The summed E-state index contributed by atoms with van der Waals surface area (Å²) in [4.78, 5) is 30.3. The molecule has 0 aliphatic rings. The molecule has 0 unspecified atom stereocenters. The van der Waals surface area contributed by atoms with Crippen LogP contribution in [0, 0.1) is 5.82 Å². The molecule has 0 spiro atoms. The van der Waals surface area contributed by atoms with Crippen molar-refractivity contribution >= 4 is 16.9 Å². The highest BCUT2D eigenvalue weighted by molar-refractivity contribution is 6.02. The van der Waals surface area contributed by atoms with Gasteiger partial charge in [-0.1, -0.05) is 12.1 Å². The Morgan fingerprint density at radius 2 is 1.94 bits per heavy atom. The van der Waals surface area contributed by atoms with Crippen molar-refractivity contribution in [2.24, 2.45) is 0 Å². The van der Waals surface area contributed by atoms with E-state index >= 15 is 0 Å². The highest BCUT2D eigenvalue weighted by Crippen LogP contribution is 2.27. The molecule has 0 saturated heterocycles. The minimum Gasteiger partial charge on any atom is -0.506 e. The second kappa shape index (κ2) is 8.27. The molecule has 0 saturated carbocycles. The molecule has 156 valence electrons. The lowest BCUT2D eigenvalue weighted by atomic mass is 10.1. The van der Waals surface area contributed by atoms with Gasteiger partial charge in [0, 0.05) is 12.7 Å². The van der Waals surface area contributed by atoms with E-state index in [-0.39, 0.29) is 17.6 Å². The van der Waals surface area contributed by atoms with Crippen molar-refractivity contribution in [3.05, 3.63) is 94.2 Å². The molecule has 31 heavy (non-hydrogen) atoms. The van der Waals surface area contributed by atoms with Crippen molar-refractivity contribution in [2.75, 3.05) is 7.11 Å². The second-order valence-corrected chi connectivity index (χ2v) is 6.75. The first-order valence-electron chi connectivity index (χ1n) is 9.39. The number of hydrogen-bond acceptors (Lipinski definition) is 5. The van der Waals surface area contributed by atoms with Gasteiger partial charge >= 0.3 is 0 Å². The smallest absolute Gasteiger partial charge is 0.273 e. The van der Waals surface area contributed by atoms with Crippen LogP contribution in [0.15, 0.2) is 71.7 Å². The van der Waals surface area contributed by atoms with E-state index in [4.69, 9.17) is 4.74 Å². The van der Waals surface area contributed by atoms with Crippen molar-refractivity contribution in [2.45, 2.75) is 6.54 Å². The van der Waals surface area contributed by atoms with E-state index in [1.807, 2.05) is 0 Å². The van der Waals surface area contributed by atoms with E-state index in [1.54, 1.807) is 36.4 Å². The molecule has 0 bridgehead atoms. The summed E-state index contributed by atoms with van der Waals surface area (Å²) < 4.78 is 19.7. The zero-order valence-electron chi connectivity index (χ0n) is 16.5. The first kappa shape index (κ1) is 20.1. The van der Waals surface area contributed by atoms with Crippen LogP contribution in [-0.2, 0) is 6.54 Å². The first-order chi connectivity index (χ1) is 15.0. The van der Waals surface area contributed by atoms with Gasteiger partial charge in [-0.05, 0) is 54.1 Å². The number of amides is 1. The number of benzene rings is 2. The van der Waals surface area contributed by atoms with Gasteiger partial charge < -0.3 is 15.2 Å². The molecule has 0 aliphatic heterocycles. The summed E-state index contributed by atoms with van der Waals surface area (Å²) in [6.45, 7) is 0.122. The molecule has 2 N–H and O–H groups in total. The molecule has 8 heteroatoms. The van der Waals surface area contributed by atoms with Gasteiger partial charge in [0.25, 0.3) is 11.5 Å². The molecule has 0 aliphatic carbocycles. The zero-order valence-corrected chi connectivity index (χ0v) is 16.5. The van der Waals surface area contributed by atoms with E-state index in [2.05, 4.69) is 10.3 Å². The lowest BCUT2D eigenvalue weighted by Crippen LogP contribution is -2.33. The fourth-order valence-electron chi connectivity index (χ4n) is 3.29. The van der Waals surface area contributed by atoms with Gasteiger partial charge in [0.2, 0.25) is 0 Å². The minimum absolute atomic E-state index is 0.122. The predicted molar refractivity (Wildman–Crippen MR) is 113 cm³/mol. The number of methoxy groups -OCH3 is 1. The van der Waals surface area contributed by atoms with Crippen LogP contribution in [-0.4, -0.2) is 27.7 Å². The molecule has 0 radical (unpaired) electrons. The van der Waals surface area contributed by atoms with Crippen LogP contribution in [0.1, 0.15) is 15.9 Å². The average molecular weight is 419 g/mol. The van der Waals surface area contributed by atoms with Gasteiger partial charge in [0.1, 0.15) is 22.9 Å². The monoisotopic (exact) mass is 419 g/mol. The molecule has 2 aromatic carbocycles. The zero-order chi connectivity index (χ0) is 22.0. The van der Waals surface area contributed by atoms with E-state index in [1.165, 1.54) is 42.1 Å². The summed E-state index contributed by atoms with van der Waals surface area (Å²) in [5, 5.41) is 13.6. The van der Waals surface area contributed by atoms with Crippen LogP contribution in [0.3, 0.4) is 0 Å². The summed E-state index contributed by atoms with van der Waals surface area (Å²) in [6, 6.07) is 15.4. The van der Waals surface area contributed by atoms with Gasteiger partial charge in [-0.2, -0.15) is 0 Å². The number of hydrogen-bond donors (Lipinski definition) is 2. The third-order valence-corrected chi connectivity index (χ3v) is 4.81. The number of nitrogens with one attached hydrogen (secondary N) is 1. The maximum absolute atomic E-state index is 13.4. The summed E-state index contributed by atoms with van der Waals surface area (Å²) >= 11 is 0. The number of carbonyl (C=O) groups is 1.